The largest absolute Gasteiger partial charge is 0.496 e. The topological polar surface area (TPSA) is 64.4 Å². The summed E-state index contributed by atoms with van der Waals surface area (Å²) in [5.41, 5.74) is 3.97. The van der Waals surface area contributed by atoms with E-state index in [0.717, 1.165) is 42.1 Å². The van der Waals surface area contributed by atoms with E-state index in [2.05, 4.69) is 22.5 Å². The third kappa shape index (κ3) is 6.56. The summed E-state index contributed by atoms with van der Waals surface area (Å²) in [6.45, 7) is 2.91. The van der Waals surface area contributed by atoms with Crippen molar-refractivity contribution in [2.24, 2.45) is 0 Å². The average molecular weight is 438 g/mol. The SMILES string of the molecule is CCc1c(-c2cccc(F)c2)ncn1CCc1ccccc1OC.O=C(O)C(F)(F)F. The second-order valence-corrected chi connectivity index (χ2v) is 6.46. The van der Waals surface area contributed by atoms with Crippen LogP contribution in [-0.4, -0.2) is 33.9 Å². The van der Waals surface area contributed by atoms with Crippen molar-refractivity contribution in [2.45, 2.75) is 32.5 Å². The van der Waals surface area contributed by atoms with Gasteiger partial charge < -0.3 is 14.4 Å². The Kier molecular flexibility index (Phi) is 8.18. The second-order valence-electron chi connectivity index (χ2n) is 6.46. The van der Waals surface area contributed by atoms with Crippen molar-refractivity contribution >= 4 is 5.97 Å². The van der Waals surface area contributed by atoms with Crippen LogP contribution < -0.4 is 4.74 Å². The van der Waals surface area contributed by atoms with E-state index in [9.17, 15) is 17.6 Å². The highest BCUT2D eigenvalue weighted by molar-refractivity contribution is 5.73. The summed E-state index contributed by atoms with van der Waals surface area (Å²) in [5, 5.41) is 7.12. The van der Waals surface area contributed by atoms with Gasteiger partial charge in [0.15, 0.2) is 0 Å². The molecule has 1 aromatic heterocycles. The van der Waals surface area contributed by atoms with E-state index < -0.39 is 12.1 Å². The van der Waals surface area contributed by atoms with Gasteiger partial charge in [0, 0.05) is 17.8 Å². The number of para-hydroxylation sites is 1. The number of aromatic nitrogens is 2. The van der Waals surface area contributed by atoms with Crippen molar-refractivity contribution in [1.29, 1.82) is 0 Å². The Hall–Kier alpha value is -3.36. The van der Waals surface area contributed by atoms with Crippen LogP contribution in [0.1, 0.15) is 18.2 Å². The second kappa shape index (κ2) is 10.6. The summed E-state index contributed by atoms with van der Waals surface area (Å²) >= 11 is 0. The summed E-state index contributed by atoms with van der Waals surface area (Å²) in [6, 6.07) is 14.6. The molecule has 0 aliphatic carbocycles. The maximum atomic E-state index is 13.5. The van der Waals surface area contributed by atoms with E-state index in [4.69, 9.17) is 14.6 Å². The smallest absolute Gasteiger partial charge is 0.490 e. The number of aliphatic carboxylic acids is 1. The highest BCUT2D eigenvalue weighted by Crippen LogP contribution is 2.25. The Bertz CT molecular complexity index is 1020. The lowest BCUT2D eigenvalue weighted by Crippen LogP contribution is -2.21. The van der Waals surface area contributed by atoms with Crippen LogP contribution in [-0.2, 0) is 24.2 Å². The Balaban J connectivity index is 0.000000423. The van der Waals surface area contributed by atoms with E-state index in [1.807, 2.05) is 30.6 Å². The number of halogens is 4. The van der Waals surface area contributed by atoms with E-state index in [-0.39, 0.29) is 5.82 Å². The summed E-state index contributed by atoms with van der Waals surface area (Å²) in [7, 11) is 1.69. The van der Waals surface area contributed by atoms with Crippen molar-refractivity contribution in [3.63, 3.8) is 0 Å². The number of hydrogen-bond donors (Lipinski definition) is 1. The summed E-state index contributed by atoms with van der Waals surface area (Å²) in [6.07, 6.45) is -1.54. The Labute approximate surface area is 176 Å². The number of methoxy groups -OCH3 is 1. The van der Waals surface area contributed by atoms with Crippen LogP contribution in [0.15, 0.2) is 54.9 Å². The zero-order chi connectivity index (χ0) is 23.0. The summed E-state index contributed by atoms with van der Waals surface area (Å²) in [5.74, 6) is -2.09. The third-order valence-electron chi connectivity index (χ3n) is 4.44. The van der Waals surface area contributed by atoms with Gasteiger partial charge in [0.2, 0.25) is 0 Å². The zero-order valence-corrected chi connectivity index (χ0v) is 17.0. The predicted molar refractivity (Wildman–Crippen MR) is 107 cm³/mol. The molecule has 0 bridgehead atoms. The minimum absolute atomic E-state index is 0.238. The van der Waals surface area contributed by atoms with Crippen LogP contribution in [0.3, 0.4) is 0 Å². The molecule has 0 atom stereocenters. The molecule has 0 unspecified atom stereocenters. The molecule has 5 nitrogen and oxygen atoms in total. The molecule has 31 heavy (non-hydrogen) atoms. The first kappa shape index (κ1) is 23.9. The number of carboxylic acids is 1. The van der Waals surface area contributed by atoms with Gasteiger partial charge in [-0.2, -0.15) is 13.2 Å². The highest BCUT2D eigenvalue weighted by atomic mass is 19.4. The molecule has 166 valence electrons. The van der Waals surface area contributed by atoms with Crippen molar-refractivity contribution in [3.8, 4) is 17.0 Å². The van der Waals surface area contributed by atoms with Gasteiger partial charge in [0.25, 0.3) is 0 Å². The lowest BCUT2D eigenvalue weighted by atomic mass is 10.1. The first-order chi connectivity index (χ1) is 14.7. The van der Waals surface area contributed by atoms with Crippen molar-refractivity contribution in [1.82, 2.24) is 9.55 Å². The minimum atomic E-state index is -5.08. The summed E-state index contributed by atoms with van der Waals surface area (Å²) in [4.78, 5) is 13.4. The first-order valence-corrected chi connectivity index (χ1v) is 9.39. The number of rotatable bonds is 6. The predicted octanol–water partition coefficient (Wildman–Crippen LogP) is 5.14. The molecule has 0 radical (unpaired) electrons. The van der Waals surface area contributed by atoms with E-state index in [0.29, 0.717) is 0 Å². The molecule has 0 spiro atoms. The normalized spacial score (nSPS) is 10.9. The maximum absolute atomic E-state index is 13.5. The molecule has 1 heterocycles. The van der Waals surface area contributed by atoms with Gasteiger partial charge in [-0.05, 0) is 36.6 Å². The molecule has 0 amide bonds. The number of benzene rings is 2. The molecule has 3 aromatic rings. The van der Waals surface area contributed by atoms with Crippen LogP contribution >= 0.6 is 0 Å². The molecule has 0 aliphatic heterocycles. The average Bonchev–Trinajstić information content (AvgIpc) is 3.15. The fourth-order valence-electron chi connectivity index (χ4n) is 3.00. The Morgan fingerprint density at radius 1 is 1.16 bits per heavy atom. The first-order valence-electron chi connectivity index (χ1n) is 9.39. The quantitative estimate of drug-likeness (QED) is 0.542. The number of ether oxygens (including phenoxy) is 1. The highest BCUT2D eigenvalue weighted by Gasteiger charge is 2.38. The van der Waals surface area contributed by atoms with Gasteiger partial charge in [0.05, 0.1) is 19.1 Å². The number of imidazole rings is 1. The maximum Gasteiger partial charge on any atom is 0.490 e. The van der Waals surface area contributed by atoms with Gasteiger partial charge in [-0.25, -0.2) is 14.2 Å². The van der Waals surface area contributed by atoms with Crippen LogP contribution in [0.2, 0.25) is 0 Å². The number of carboxylic acid groups (broad SMARTS) is 1. The molecule has 0 fully saturated rings. The fourth-order valence-corrected chi connectivity index (χ4v) is 3.00. The Morgan fingerprint density at radius 2 is 1.84 bits per heavy atom. The monoisotopic (exact) mass is 438 g/mol. The van der Waals surface area contributed by atoms with Crippen LogP contribution in [0.5, 0.6) is 5.75 Å². The molecule has 9 heteroatoms. The molecule has 0 aliphatic rings. The van der Waals surface area contributed by atoms with Crippen molar-refractivity contribution in [2.75, 3.05) is 7.11 Å². The van der Waals surface area contributed by atoms with Crippen molar-refractivity contribution < 1.29 is 32.2 Å². The number of carbonyl (C=O) groups is 1. The minimum Gasteiger partial charge on any atom is -0.496 e. The molecule has 2 aromatic carbocycles. The molecule has 1 N–H and O–H groups in total. The van der Waals surface area contributed by atoms with E-state index in [1.165, 1.54) is 17.7 Å². The number of aryl methyl sites for hydroxylation is 2. The number of nitrogens with zero attached hydrogens (tertiary/aromatic N) is 2. The number of alkyl halides is 3. The van der Waals surface area contributed by atoms with Gasteiger partial charge in [-0.3, -0.25) is 0 Å². The standard InChI is InChI=1S/C20H21FN2O.C2HF3O2/c1-3-18-20(16-8-6-9-17(21)13-16)22-14-23(18)12-11-15-7-4-5-10-19(15)24-2;3-2(4,5)1(6)7/h4-10,13-14H,3,11-12H2,1-2H3;(H,6,7). The molecule has 0 saturated heterocycles. The van der Waals surface area contributed by atoms with Gasteiger partial charge in [-0.1, -0.05) is 37.3 Å². The number of hydrogen-bond acceptors (Lipinski definition) is 3. The fraction of sp³-hybridized carbons (Fsp3) is 0.273. The van der Waals surface area contributed by atoms with Crippen LogP contribution in [0, 0.1) is 5.82 Å². The molecular formula is C22H22F4N2O3. The molecular weight excluding hydrogens is 416 g/mol. The lowest BCUT2D eigenvalue weighted by Gasteiger charge is -2.11. The van der Waals surface area contributed by atoms with Gasteiger partial charge >= 0.3 is 12.1 Å². The lowest BCUT2D eigenvalue weighted by molar-refractivity contribution is -0.192. The van der Waals surface area contributed by atoms with Gasteiger partial charge in [0.1, 0.15) is 11.6 Å². The molecule has 0 saturated carbocycles. The van der Waals surface area contributed by atoms with Crippen LogP contribution in [0.25, 0.3) is 11.3 Å². The van der Waals surface area contributed by atoms with Crippen molar-refractivity contribution in [3.05, 3.63) is 71.9 Å². The molecule has 3 rings (SSSR count). The third-order valence-corrected chi connectivity index (χ3v) is 4.44. The van der Waals surface area contributed by atoms with Gasteiger partial charge in [-0.15, -0.1) is 0 Å². The zero-order valence-electron chi connectivity index (χ0n) is 17.0. The Morgan fingerprint density at radius 3 is 2.42 bits per heavy atom. The summed E-state index contributed by atoms with van der Waals surface area (Å²) < 4.78 is 52.8. The van der Waals surface area contributed by atoms with Crippen LogP contribution in [0.4, 0.5) is 17.6 Å². The van der Waals surface area contributed by atoms with E-state index >= 15 is 0 Å². The van der Waals surface area contributed by atoms with E-state index in [1.54, 1.807) is 13.2 Å².